The summed E-state index contributed by atoms with van der Waals surface area (Å²) in [7, 11) is 1.66. The molecule has 0 heterocycles. The third-order valence-electron chi connectivity index (χ3n) is 5.77. The van der Waals surface area contributed by atoms with Crippen LogP contribution in [-0.2, 0) is 10.0 Å². The quantitative estimate of drug-likeness (QED) is 0.279. The highest BCUT2D eigenvalue weighted by molar-refractivity contribution is 6.23. The molecular weight excluding hydrogens is 344 g/mol. The lowest BCUT2D eigenvalue weighted by atomic mass is 9.77. The van der Waals surface area contributed by atoms with Crippen LogP contribution < -0.4 is 0 Å². The van der Waals surface area contributed by atoms with Crippen molar-refractivity contribution in [3.63, 3.8) is 0 Å². The van der Waals surface area contributed by atoms with E-state index in [2.05, 4.69) is 82.3 Å². The maximum absolute atomic E-state index is 6.36. The van der Waals surface area contributed by atoms with Crippen molar-refractivity contribution >= 4 is 42.8 Å². The van der Waals surface area contributed by atoms with Crippen LogP contribution in [-0.4, -0.2) is 10.5 Å². The first-order valence-electron chi connectivity index (χ1n) is 10.1. The van der Waals surface area contributed by atoms with Crippen molar-refractivity contribution in [2.24, 2.45) is 11.8 Å². The zero-order valence-corrected chi connectivity index (χ0v) is 18.3. The van der Waals surface area contributed by atoms with Gasteiger partial charge in [0.15, 0.2) is 10.5 Å². The Balaban J connectivity index is 2.08. The van der Waals surface area contributed by atoms with Crippen LogP contribution >= 0.6 is 0 Å². The van der Waals surface area contributed by atoms with Crippen LogP contribution in [0.25, 0.3) is 32.3 Å². The summed E-state index contributed by atoms with van der Waals surface area (Å²) in [4.78, 5) is 0. The first kappa shape index (κ1) is 18.5. The van der Waals surface area contributed by atoms with Crippen molar-refractivity contribution in [3.05, 3.63) is 60.2 Å². The molecule has 4 rings (SSSR count). The third kappa shape index (κ3) is 3.05. The Morgan fingerprint density at radius 2 is 1.26 bits per heavy atom. The van der Waals surface area contributed by atoms with Crippen molar-refractivity contribution in [2.75, 3.05) is 0 Å². The van der Waals surface area contributed by atoms with E-state index in [0.29, 0.717) is 11.8 Å². The van der Waals surface area contributed by atoms with Crippen molar-refractivity contribution in [1.82, 2.24) is 0 Å². The molecule has 0 fully saturated rings. The second kappa shape index (κ2) is 6.92. The van der Waals surface area contributed by atoms with Gasteiger partial charge >= 0.3 is 0 Å². The first-order valence-corrected chi connectivity index (χ1v) is 10.6. The molecule has 0 amide bonds. The topological polar surface area (TPSA) is 9.23 Å². The molecule has 0 aliphatic rings. The van der Waals surface area contributed by atoms with Crippen LogP contribution in [0.1, 0.15) is 46.1 Å². The van der Waals surface area contributed by atoms with E-state index in [1.165, 1.54) is 37.9 Å². The van der Waals surface area contributed by atoms with Crippen LogP contribution in [0.3, 0.4) is 0 Å². The molecule has 2 heteroatoms. The second-order valence-corrected chi connectivity index (χ2v) is 9.09. The van der Waals surface area contributed by atoms with Gasteiger partial charge in [-0.05, 0) is 62.6 Å². The number of benzene rings is 4. The minimum absolute atomic E-state index is 0.233. The Kier molecular flexibility index (Phi) is 4.73. The Morgan fingerprint density at radius 3 is 1.81 bits per heavy atom. The third-order valence-corrected chi connectivity index (χ3v) is 6.32. The molecule has 27 heavy (non-hydrogen) atoms. The summed E-state index contributed by atoms with van der Waals surface area (Å²) in [6.45, 7) is 9.19. The highest BCUT2D eigenvalue weighted by atomic mass is 28.2. The van der Waals surface area contributed by atoms with Crippen LogP contribution in [0.4, 0.5) is 0 Å². The van der Waals surface area contributed by atoms with Crippen LogP contribution in [0, 0.1) is 11.8 Å². The molecule has 139 valence electrons. The fourth-order valence-corrected chi connectivity index (χ4v) is 5.34. The van der Waals surface area contributed by atoms with E-state index in [1.807, 2.05) is 0 Å². The van der Waals surface area contributed by atoms with Gasteiger partial charge in [-0.3, -0.25) is 0 Å². The van der Waals surface area contributed by atoms with Gasteiger partial charge in [0.25, 0.3) is 0 Å². The monoisotopic (exact) mass is 373 g/mol. The minimum Gasteiger partial charge on any atom is -0.416 e. The van der Waals surface area contributed by atoms with Crippen molar-refractivity contribution in [3.8, 4) is 0 Å². The molecule has 0 saturated carbocycles. The predicted molar refractivity (Wildman–Crippen MR) is 120 cm³/mol. The van der Waals surface area contributed by atoms with E-state index in [1.54, 1.807) is 10.5 Å². The summed E-state index contributed by atoms with van der Waals surface area (Å²) < 4.78 is 6.36. The Bertz CT molecular complexity index is 1050. The zero-order valence-electron chi connectivity index (χ0n) is 16.9. The van der Waals surface area contributed by atoms with Crippen LogP contribution in [0.15, 0.2) is 54.6 Å². The van der Waals surface area contributed by atoms with Crippen molar-refractivity contribution in [1.29, 1.82) is 0 Å². The Morgan fingerprint density at radius 1 is 0.741 bits per heavy atom. The van der Waals surface area contributed by atoms with Gasteiger partial charge in [-0.2, -0.15) is 0 Å². The van der Waals surface area contributed by atoms with E-state index in [4.69, 9.17) is 4.43 Å². The maximum atomic E-state index is 6.36. The summed E-state index contributed by atoms with van der Waals surface area (Å²) >= 11 is 0. The molecule has 0 unspecified atom stereocenters. The second-order valence-electron chi connectivity index (χ2n) is 8.80. The normalized spacial score (nSPS) is 13.0. The SMILES string of the molecule is CC(C)CC(CC(C)C)(O[SiH2])c1ccc2ccc3cccc4ccc1c2c34. The average molecular weight is 374 g/mol. The molecule has 0 spiro atoms. The Labute approximate surface area is 165 Å². The molecule has 4 aromatic rings. The predicted octanol–water partition coefficient (Wildman–Crippen LogP) is 6.44. The summed E-state index contributed by atoms with van der Waals surface area (Å²) in [5.41, 5.74) is 1.12. The number of rotatable bonds is 6. The molecule has 0 aromatic heterocycles. The minimum atomic E-state index is -0.233. The van der Waals surface area contributed by atoms with Crippen molar-refractivity contribution in [2.45, 2.75) is 46.1 Å². The molecule has 0 atom stereocenters. The van der Waals surface area contributed by atoms with Gasteiger partial charge in [0.1, 0.15) is 0 Å². The largest absolute Gasteiger partial charge is 0.416 e. The van der Waals surface area contributed by atoms with Gasteiger partial charge in [-0.1, -0.05) is 82.3 Å². The molecule has 1 nitrogen and oxygen atoms in total. The lowest BCUT2D eigenvalue weighted by Gasteiger charge is -2.38. The lowest BCUT2D eigenvalue weighted by molar-refractivity contribution is 0.0324. The van der Waals surface area contributed by atoms with Gasteiger partial charge in [-0.25, -0.2) is 0 Å². The molecule has 0 N–H and O–H groups in total. The van der Waals surface area contributed by atoms with E-state index in [0.717, 1.165) is 12.8 Å². The van der Waals surface area contributed by atoms with Crippen LogP contribution in [0.2, 0.25) is 0 Å². The molecule has 4 aromatic carbocycles. The molecule has 0 bridgehead atoms. The molecule has 0 saturated heterocycles. The zero-order chi connectivity index (χ0) is 19.2. The summed E-state index contributed by atoms with van der Waals surface area (Å²) in [5.74, 6) is 1.15. The van der Waals surface area contributed by atoms with Crippen molar-refractivity contribution < 1.29 is 4.43 Å². The van der Waals surface area contributed by atoms with Gasteiger partial charge in [0.05, 0.1) is 5.60 Å². The Hall–Kier alpha value is -1.90. The first-order chi connectivity index (χ1) is 12.9. The highest BCUT2D eigenvalue weighted by Gasteiger charge is 2.35. The van der Waals surface area contributed by atoms with Gasteiger partial charge in [0.2, 0.25) is 0 Å². The highest BCUT2D eigenvalue weighted by Crippen LogP contribution is 2.44. The number of hydrogen-bond acceptors (Lipinski definition) is 1. The lowest BCUT2D eigenvalue weighted by Crippen LogP contribution is -2.33. The fraction of sp³-hybridized carbons (Fsp3) is 0.360. The fourth-order valence-electron chi connectivity index (χ4n) is 4.95. The molecule has 0 aliphatic carbocycles. The summed E-state index contributed by atoms with van der Waals surface area (Å²) in [6.07, 6.45) is 2.08. The average Bonchev–Trinajstić information content (AvgIpc) is 2.64. The summed E-state index contributed by atoms with van der Waals surface area (Å²) in [6, 6.07) is 20.3. The molecular formula is C25H29OSi. The van der Waals surface area contributed by atoms with E-state index in [-0.39, 0.29) is 5.60 Å². The van der Waals surface area contributed by atoms with E-state index in [9.17, 15) is 0 Å². The maximum Gasteiger partial charge on any atom is 0.176 e. The summed E-state index contributed by atoms with van der Waals surface area (Å²) in [5, 5.41) is 8.08. The van der Waals surface area contributed by atoms with Gasteiger partial charge in [0, 0.05) is 0 Å². The standard InChI is InChI=1S/C25H29OSi/c1-16(2)14-25(26-27,15-17(3)4)22-13-11-20-9-8-18-6-5-7-19-10-12-21(22)24(20)23(18)19/h5-13,16-17H,14-15,27H2,1-4H3. The van der Waals surface area contributed by atoms with E-state index < -0.39 is 0 Å². The molecule has 0 aliphatic heterocycles. The smallest absolute Gasteiger partial charge is 0.176 e. The van der Waals surface area contributed by atoms with Gasteiger partial charge < -0.3 is 4.43 Å². The van der Waals surface area contributed by atoms with Crippen LogP contribution in [0.5, 0.6) is 0 Å². The molecule has 1 radical (unpaired) electrons. The van der Waals surface area contributed by atoms with E-state index >= 15 is 0 Å². The number of hydrogen-bond donors (Lipinski definition) is 0. The van der Waals surface area contributed by atoms with Gasteiger partial charge in [-0.15, -0.1) is 0 Å².